The van der Waals surface area contributed by atoms with Crippen LogP contribution in [0.15, 0.2) is 18.2 Å². The van der Waals surface area contributed by atoms with Crippen molar-refractivity contribution in [1.29, 1.82) is 0 Å². The molecular formula is C21H33N3O2. The third-order valence-corrected chi connectivity index (χ3v) is 5.18. The summed E-state index contributed by atoms with van der Waals surface area (Å²) in [5.41, 5.74) is 4.03. The number of rotatable bonds is 8. The highest BCUT2D eigenvalue weighted by molar-refractivity contribution is 5.81. The molecule has 1 aromatic rings. The number of benzene rings is 1. The van der Waals surface area contributed by atoms with Crippen LogP contribution in [0.25, 0.3) is 0 Å². The number of nitrogens with one attached hydrogen (secondary N) is 1. The number of fused-ring (bicyclic) bond motifs is 1. The molecule has 1 aliphatic rings. The minimum atomic E-state index is -0.0509. The Hall–Kier alpha value is -1.88. The van der Waals surface area contributed by atoms with Gasteiger partial charge in [-0.2, -0.15) is 0 Å². The van der Waals surface area contributed by atoms with Crippen molar-refractivity contribution in [2.45, 2.75) is 52.5 Å². The smallest absolute Gasteiger partial charge is 0.236 e. The van der Waals surface area contributed by atoms with Crippen molar-refractivity contribution in [2.75, 3.05) is 33.2 Å². The van der Waals surface area contributed by atoms with Crippen molar-refractivity contribution in [3.63, 3.8) is 0 Å². The predicted octanol–water partition coefficient (Wildman–Crippen LogP) is 2.54. The summed E-state index contributed by atoms with van der Waals surface area (Å²) in [6.07, 6.45) is 4.83. The molecule has 0 heterocycles. The summed E-state index contributed by atoms with van der Waals surface area (Å²) < 4.78 is 0. The molecule has 1 atom stereocenters. The molecule has 0 saturated carbocycles. The van der Waals surface area contributed by atoms with Gasteiger partial charge in [-0.15, -0.1) is 0 Å². The lowest BCUT2D eigenvalue weighted by molar-refractivity contribution is -0.132. The molecule has 1 N–H and O–H groups in total. The molecule has 0 bridgehead atoms. The number of carbonyl (C=O) groups excluding carboxylic acids is 2. The van der Waals surface area contributed by atoms with Gasteiger partial charge in [-0.25, -0.2) is 0 Å². The second-order valence-corrected chi connectivity index (χ2v) is 7.26. The molecule has 1 aliphatic carbocycles. The minimum absolute atomic E-state index is 0.0263. The summed E-state index contributed by atoms with van der Waals surface area (Å²) in [6, 6.07) is 6.55. The molecule has 0 saturated heterocycles. The maximum absolute atomic E-state index is 12.3. The van der Waals surface area contributed by atoms with Crippen molar-refractivity contribution in [3.05, 3.63) is 34.9 Å². The highest BCUT2D eigenvalue weighted by Crippen LogP contribution is 2.24. The van der Waals surface area contributed by atoms with E-state index in [-0.39, 0.29) is 30.9 Å². The Morgan fingerprint density at radius 2 is 1.73 bits per heavy atom. The molecule has 0 radical (unpaired) electrons. The third-order valence-electron chi connectivity index (χ3n) is 5.18. The normalized spacial score (nSPS) is 14.7. The van der Waals surface area contributed by atoms with Crippen molar-refractivity contribution < 1.29 is 9.59 Å². The highest BCUT2D eigenvalue weighted by atomic mass is 16.2. The van der Waals surface area contributed by atoms with Crippen LogP contribution in [0.3, 0.4) is 0 Å². The molecule has 0 unspecified atom stereocenters. The van der Waals surface area contributed by atoms with Gasteiger partial charge in [0, 0.05) is 13.1 Å². The number of carbonyl (C=O) groups is 2. The van der Waals surface area contributed by atoms with Gasteiger partial charge < -0.3 is 10.2 Å². The standard InChI is InChI=1S/C21H33N3O2/c1-5-24(6-2)21(26)15-23(4)14-20(25)22-16(3)18-12-11-17-9-7-8-10-19(17)13-18/h11-13,16H,5-10,14-15H2,1-4H3,(H,22,25)/t16-/m0/s1. The van der Waals surface area contributed by atoms with E-state index in [0.717, 1.165) is 12.0 Å². The molecule has 144 valence electrons. The van der Waals surface area contributed by atoms with E-state index in [1.807, 2.05) is 27.8 Å². The zero-order chi connectivity index (χ0) is 19.1. The molecule has 0 fully saturated rings. The van der Waals surface area contributed by atoms with E-state index in [1.165, 1.54) is 30.4 Å². The first kappa shape index (κ1) is 20.4. The molecule has 2 amide bonds. The lowest BCUT2D eigenvalue weighted by Crippen LogP contribution is -2.43. The van der Waals surface area contributed by atoms with Crippen LogP contribution in [-0.2, 0) is 22.4 Å². The summed E-state index contributed by atoms with van der Waals surface area (Å²) in [5.74, 6) is 0.0121. The zero-order valence-corrected chi connectivity index (χ0v) is 16.7. The van der Waals surface area contributed by atoms with Crippen LogP contribution in [0.5, 0.6) is 0 Å². The first-order valence-electron chi connectivity index (χ1n) is 9.82. The summed E-state index contributed by atoms with van der Waals surface area (Å²) in [7, 11) is 1.81. The average molecular weight is 360 g/mol. The Kier molecular flexibility index (Phi) is 7.64. The largest absolute Gasteiger partial charge is 0.348 e. The van der Waals surface area contributed by atoms with E-state index in [0.29, 0.717) is 13.1 Å². The fourth-order valence-electron chi connectivity index (χ4n) is 3.60. The Balaban J connectivity index is 1.86. The number of hydrogen-bond donors (Lipinski definition) is 1. The Labute approximate surface area is 157 Å². The molecule has 1 aromatic carbocycles. The molecule has 0 aliphatic heterocycles. The van der Waals surface area contributed by atoms with Gasteiger partial charge in [-0.3, -0.25) is 14.5 Å². The maximum Gasteiger partial charge on any atom is 0.236 e. The second kappa shape index (κ2) is 9.72. The van der Waals surface area contributed by atoms with Crippen LogP contribution in [0.4, 0.5) is 0 Å². The molecule has 5 nitrogen and oxygen atoms in total. The predicted molar refractivity (Wildman–Crippen MR) is 105 cm³/mol. The van der Waals surface area contributed by atoms with E-state index in [2.05, 4.69) is 23.5 Å². The maximum atomic E-state index is 12.3. The lowest BCUT2D eigenvalue weighted by Gasteiger charge is -2.24. The van der Waals surface area contributed by atoms with Gasteiger partial charge in [-0.1, -0.05) is 18.2 Å². The monoisotopic (exact) mass is 359 g/mol. The van der Waals surface area contributed by atoms with E-state index in [4.69, 9.17) is 0 Å². The fourth-order valence-corrected chi connectivity index (χ4v) is 3.60. The summed E-state index contributed by atoms with van der Waals surface area (Å²) in [6.45, 7) is 7.84. The van der Waals surface area contributed by atoms with E-state index < -0.39 is 0 Å². The summed E-state index contributed by atoms with van der Waals surface area (Å²) in [4.78, 5) is 28.0. The Bertz CT molecular complexity index is 626. The van der Waals surface area contributed by atoms with Gasteiger partial charge in [0.2, 0.25) is 11.8 Å². The molecule has 5 heteroatoms. The Morgan fingerprint density at radius 1 is 1.08 bits per heavy atom. The van der Waals surface area contributed by atoms with Crippen LogP contribution >= 0.6 is 0 Å². The Morgan fingerprint density at radius 3 is 2.38 bits per heavy atom. The fraction of sp³-hybridized carbons (Fsp3) is 0.619. The number of amides is 2. The average Bonchev–Trinajstić information content (AvgIpc) is 2.61. The van der Waals surface area contributed by atoms with Gasteiger partial charge in [0.1, 0.15) is 0 Å². The van der Waals surface area contributed by atoms with Gasteiger partial charge in [0.05, 0.1) is 19.1 Å². The first-order chi connectivity index (χ1) is 12.4. The topological polar surface area (TPSA) is 52.7 Å². The number of nitrogens with zero attached hydrogens (tertiary/aromatic N) is 2. The molecule has 2 rings (SSSR count). The van der Waals surface area contributed by atoms with Crippen molar-refractivity contribution in [2.24, 2.45) is 0 Å². The van der Waals surface area contributed by atoms with E-state index >= 15 is 0 Å². The van der Waals surface area contributed by atoms with Crippen molar-refractivity contribution in [3.8, 4) is 0 Å². The number of likely N-dealkylation sites (N-methyl/N-ethyl adjacent to an activating group) is 2. The molecule has 26 heavy (non-hydrogen) atoms. The minimum Gasteiger partial charge on any atom is -0.348 e. The first-order valence-corrected chi connectivity index (χ1v) is 9.82. The quantitative estimate of drug-likeness (QED) is 0.776. The lowest BCUT2D eigenvalue weighted by atomic mass is 9.89. The second-order valence-electron chi connectivity index (χ2n) is 7.26. The highest BCUT2D eigenvalue weighted by Gasteiger charge is 2.17. The molecular weight excluding hydrogens is 326 g/mol. The summed E-state index contributed by atoms with van der Waals surface area (Å²) >= 11 is 0. The SMILES string of the molecule is CCN(CC)C(=O)CN(C)CC(=O)N[C@@H](C)c1ccc2c(c1)CCCC2. The number of hydrogen-bond acceptors (Lipinski definition) is 3. The molecule has 0 spiro atoms. The van der Waals surface area contributed by atoms with E-state index in [9.17, 15) is 9.59 Å². The van der Waals surface area contributed by atoms with Crippen LogP contribution < -0.4 is 5.32 Å². The third kappa shape index (κ3) is 5.56. The van der Waals surface area contributed by atoms with Gasteiger partial charge >= 0.3 is 0 Å². The van der Waals surface area contributed by atoms with Crippen LogP contribution in [0, 0.1) is 0 Å². The van der Waals surface area contributed by atoms with Gasteiger partial charge in [0.15, 0.2) is 0 Å². The zero-order valence-electron chi connectivity index (χ0n) is 16.7. The molecule has 0 aromatic heterocycles. The van der Waals surface area contributed by atoms with E-state index in [1.54, 1.807) is 9.80 Å². The number of aryl methyl sites for hydroxylation is 2. The van der Waals surface area contributed by atoms with Gasteiger partial charge in [0.25, 0.3) is 0 Å². The van der Waals surface area contributed by atoms with Crippen molar-refractivity contribution >= 4 is 11.8 Å². The van der Waals surface area contributed by atoms with Gasteiger partial charge in [-0.05, 0) is 70.2 Å². The van der Waals surface area contributed by atoms with Crippen LogP contribution in [0.2, 0.25) is 0 Å². The van der Waals surface area contributed by atoms with Crippen LogP contribution in [0.1, 0.15) is 56.3 Å². The summed E-state index contributed by atoms with van der Waals surface area (Å²) in [5, 5.41) is 3.06. The van der Waals surface area contributed by atoms with Crippen molar-refractivity contribution in [1.82, 2.24) is 15.1 Å². The van der Waals surface area contributed by atoms with Crippen LogP contribution in [-0.4, -0.2) is 54.8 Å².